The van der Waals surface area contributed by atoms with E-state index in [1.807, 2.05) is 0 Å². The molecule has 0 atom stereocenters. The van der Waals surface area contributed by atoms with Crippen LogP contribution in [0.3, 0.4) is 0 Å². The summed E-state index contributed by atoms with van der Waals surface area (Å²) in [4.78, 5) is 18.1. The predicted molar refractivity (Wildman–Crippen MR) is 60.4 cm³/mol. The molecule has 0 saturated heterocycles. The van der Waals surface area contributed by atoms with E-state index in [4.69, 9.17) is 0 Å². The lowest BCUT2D eigenvalue weighted by Gasteiger charge is -2.08. The van der Waals surface area contributed by atoms with Crippen LogP contribution in [0.4, 0.5) is 0 Å². The van der Waals surface area contributed by atoms with Crippen LogP contribution in [0.25, 0.3) is 0 Å². The topological polar surface area (TPSA) is 66.0 Å². The molecule has 5 heteroatoms. The fourth-order valence-corrected chi connectivity index (χ4v) is 2.11. The minimum atomic E-state index is -0.236. The summed E-state index contributed by atoms with van der Waals surface area (Å²) in [6.45, 7) is 0. The fourth-order valence-electron chi connectivity index (χ4n) is 1.86. The van der Waals surface area contributed by atoms with Gasteiger partial charge in [-0.1, -0.05) is 12.8 Å². The Hall–Kier alpha value is -0.590. The van der Waals surface area contributed by atoms with Crippen LogP contribution in [-0.4, -0.2) is 15.1 Å². The number of H-pyrrole nitrogens is 1. The van der Waals surface area contributed by atoms with Crippen LogP contribution >= 0.6 is 22.6 Å². The highest BCUT2D eigenvalue weighted by molar-refractivity contribution is 14.1. The highest BCUT2D eigenvalue weighted by Crippen LogP contribution is 2.32. The monoisotopic (exact) mass is 306 g/mol. The van der Waals surface area contributed by atoms with Crippen LogP contribution in [0.5, 0.6) is 5.88 Å². The highest BCUT2D eigenvalue weighted by Gasteiger charge is 2.20. The Labute approximate surface area is 94.9 Å². The Balaban J connectivity index is 2.39. The smallest absolute Gasteiger partial charge is 0.268 e. The third-order valence-corrected chi connectivity index (χ3v) is 3.58. The molecule has 76 valence electrons. The molecule has 2 N–H and O–H groups in total. The molecule has 0 bridgehead atoms. The Bertz CT molecular complexity index is 396. The van der Waals surface area contributed by atoms with Gasteiger partial charge in [-0.05, 0) is 35.4 Å². The van der Waals surface area contributed by atoms with Gasteiger partial charge in [-0.2, -0.15) is 4.98 Å². The molecule has 0 aromatic carbocycles. The number of hydrogen-bond acceptors (Lipinski definition) is 3. The lowest BCUT2D eigenvalue weighted by Crippen LogP contribution is -2.16. The van der Waals surface area contributed by atoms with Crippen molar-refractivity contribution in [2.75, 3.05) is 0 Å². The van der Waals surface area contributed by atoms with Crippen molar-refractivity contribution in [3.8, 4) is 5.88 Å². The number of aromatic nitrogens is 2. The summed E-state index contributed by atoms with van der Waals surface area (Å²) in [5.74, 6) is 0.826. The van der Waals surface area contributed by atoms with Crippen molar-refractivity contribution in [3.05, 3.63) is 19.7 Å². The zero-order chi connectivity index (χ0) is 10.1. The first-order valence-electron chi connectivity index (χ1n) is 4.67. The maximum Gasteiger partial charge on any atom is 0.268 e. The predicted octanol–water partition coefficient (Wildman–Crippen LogP) is 1.74. The summed E-state index contributed by atoms with van der Waals surface area (Å²) < 4.78 is 0.268. The van der Waals surface area contributed by atoms with Crippen LogP contribution in [0.1, 0.15) is 37.4 Å². The number of aromatic hydroxyl groups is 1. The zero-order valence-corrected chi connectivity index (χ0v) is 9.74. The number of aromatic amines is 1. The van der Waals surface area contributed by atoms with Crippen molar-refractivity contribution < 1.29 is 5.11 Å². The maximum atomic E-state index is 11.4. The standard InChI is InChI=1S/C9H11IN2O2/c10-6-8(13)11-7(12-9(6)14)5-3-1-2-4-5/h5H,1-4H2,(H2,11,12,13,14). The van der Waals surface area contributed by atoms with Gasteiger partial charge in [0.1, 0.15) is 9.39 Å². The van der Waals surface area contributed by atoms with Gasteiger partial charge in [-0.15, -0.1) is 0 Å². The summed E-state index contributed by atoms with van der Waals surface area (Å²) >= 11 is 1.79. The minimum Gasteiger partial charge on any atom is -0.492 e. The van der Waals surface area contributed by atoms with E-state index in [1.54, 1.807) is 22.6 Å². The van der Waals surface area contributed by atoms with Crippen LogP contribution in [0.2, 0.25) is 0 Å². The molecule has 1 heterocycles. The molecule has 0 amide bonds. The molecule has 1 aliphatic rings. The normalized spacial score (nSPS) is 17.5. The Morgan fingerprint density at radius 2 is 2.07 bits per heavy atom. The third kappa shape index (κ3) is 1.77. The van der Waals surface area contributed by atoms with Crippen LogP contribution in [0, 0.1) is 3.57 Å². The summed E-state index contributed by atoms with van der Waals surface area (Å²) in [5.41, 5.74) is -0.236. The Morgan fingerprint density at radius 1 is 1.43 bits per heavy atom. The quantitative estimate of drug-likeness (QED) is 0.777. The first-order chi connectivity index (χ1) is 6.68. The van der Waals surface area contributed by atoms with Gasteiger partial charge in [0.25, 0.3) is 5.56 Å². The second kappa shape index (κ2) is 3.88. The van der Waals surface area contributed by atoms with E-state index in [-0.39, 0.29) is 15.0 Å². The number of nitrogens with zero attached hydrogens (tertiary/aromatic N) is 1. The molecule has 14 heavy (non-hydrogen) atoms. The molecular weight excluding hydrogens is 295 g/mol. The number of nitrogens with one attached hydrogen (secondary N) is 1. The second-order valence-corrected chi connectivity index (χ2v) is 4.65. The Kier molecular flexibility index (Phi) is 2.76. The number of hydrogen-bond donors (Lipinski definition) is 2. The van der Waals surface area contributed by atoms with Gasteiger partial charge in [-0.3, -0.25) is 4.79 Å². The molecule has 0 unspecified atom stereocenters. The fraction of sp³-hybridized carbons (Fsp3) is 0.556. The minimum absolute atomic E-state index is 0.142. The van der Waals surface area contributed by atoms with Gasteiger partial charge in [0.15, 0.2) is 0 Å². The summed E-state index contributed by atoms with van der Waals surface area (Å²) in [6.07, 6.45) is 4.48. The number of halogens is 1. The van der Waals surface area contributed by atoms with Crippen molar-refractivity contribution >= 4 is 22.6 Å². The first-order valence-corrected chi connectivity index (χ1v) is 5.75. The van der Waals surface area contributed by atoms with Crippen LogP contribution in [0.15, 0.2) is 4.79 Å². The van der Waals surface area contributed by atoms with E-state index in [9.17, 15) is 9.90 Å². The van der Waals surface area contributed by atoms with E-state index in [0.717, 1.165) is 12.8 Å². The second-order valence-electron chi connectivity index (χ2n) is 3.57. The van der Waals surface area contributed by atoms with Gasteiger partial charge in [0, 0.05) is 5.92 Å². The van der Waals surface area contributed by atoms with Crippen molar-refractivity contribution in [2.24, 2.45) is 0 Å². The molecule has 1 aromatic rings. The largest absolute Gasteiger partial charge is 0.492 e. The highest BCUT2D eigenvalue weighted by atomic mass is 127. The molecule has 1 saturated carbocycles. The van der Waals surface area contributed by atoms with Crippen molar-refractivity contribution in [1.29, 1.82) is 0 Å². The van der Waals surface area contributed by atoms with Gasteiger partial charge in [-0.25, -0.2) is 0 Å². The average molecular weight is 306 g/mol. The Morgan fingerprint density at radius 3 is 2.64 bits per heavy atom. The van der Waals surface area contributed by atoms with E-state index in [1.165, 1.54) is 12.8 Å². The lowest BCUT2D eigenvalue weighted by molar-refractivity contribution is 0.439. The zero-order valence-electron chi connectivity index (χ0n) is 7.59. The van der Waals surface area contributed by atoms with Crippen molar-refractivity contribution in [3.63, 3.8) is 0 Å². The molecule has 1 fully saturated rings. The molecule has 1 aromatic heterocycles. The van der Waals surface area contributed by atoms with Gasteiger partial charge >= 0.3 is 0 Å². The van der Waals surface area contributed by atoms with E-state index in [0.29, 0.717) is 11.7 Å². The molecular formula is C9H11IN2O2. The summed E-state index contributed by atoms with van der Waals surface area (Å²) in [7, 11) is 0. The van der Waals surface area contributed by atoms with Gasteiger partial charge in [0.2, 0.25) is 5.88 Å². The average Bonchev–Trinajstić information content (AvgIpc) is 2.66. The SMILES string of the molecule is O=c1[nH]c(C2CCCC2)nc(O)c1I. The molecule has 0 aliphatic heterocycles. The lowest BCUT2D eigenvalue weighted by atomic mass is 10.1. The van der Waals surface area contributed by atoms with E-state index in [2.05, 4.69) is 9.97 Å². The van der Waals surface area contributed by atoms with E-state index < -0.39 is 0 Å². The summed E-state index contributed by atoms with van der Waals surface area (Å²) in [6, 6.07) is 0. The molecule has 0 radical (unpaired) electrons. The van der Waals surface area contributed by atoms with Crippen molar-refractivity contribution in [2.45, 2.75) is 31.6 Å². The molecule has 4 nitrogen and oxygen atoms in total. The van der Waals surface area contributed by atoms with Crippen molar-refractivity contribution in [1.82, 2.24) is 9.97 Å². The van der Waals surface area contributed by atoms with Gasteiger partial charge < -0.3 is 10.1 Å². The van der Waals surface area contributed by atoms with Crippen LogP contribution in [-0.2, 0) is 0 Å². The van der Waals surface area contributed by atoms with E-state index >= 15 is 0 Å². The maximum absolute atomic E-state index is 11.4. The number of rotatable bonds is 1. The van der Waals surface area contributed by atoms with Crippen LogP contribution < -0.4 is 5.56 Å². The summed E-state index contributed by atoms with van der Waals surface area (Å²) in [5, 5.41) is 9.40. The molecule has 1 aliphatic carbocycles. The third-order valence-electron chi connectivity index (χ3n) is 2.61. The first kappa shape index (κ1) is 9.95. The molecule has 2 rings (SSSR count). The van der Waals surface area contributed by atoms with Gasteiger partial charge in [0.05, 0.1) is 0 Å². The molecule has 0 spiro atoms.